The van der Waals surface area contributed by atoms with Gasteiger partial charge in [0.2, 0.25) is 0 Å². The first kappa shape index (κ1) is 12.2. The van der Waals surface area contributed by atoms with E-state index in [0.29, 0.717) is 11.3 Å². The lowest BCUT2D eigenvalue weighted by molar-refractivity contribution is 0.101. The van der Waals surface area contributed by atoms with Crippen molar-refractivity contribution in [2.24, 2.45) is 0 Å². The fourth-order valence-electron chi connectivity index (χ4n) is 2.54. The SMILES string of the molecule is CC(=O)c1ccc(N2CCc3sccc3C2)cc1N. The van der Waals surface area contributed by atoms with Crippen molar-refractivity contribution >= 4 is 28.5 Å². The Kier molecular flexibility index (Phi) is 3.03. The van der Waals surface area contributed by atoms with Gasteiger partial charge < -0.3 is 10.6 Å². The van der Waals surface area contributed by atoms with Gasteiger partial charge in [-0.25, -0.2) is 0 Å². The van der Waals surface area contributed by atoms with Crippen LogP contribution >= 0.6 is 11.3 Å². The second-order valence-corrected chi connectivity index (χ2v) is 5.87. The summed E-state index contributed by atoms with van der Waals surface area (Å²) in [6.07, 6.45) is 1.08. The van der Waals surface area contributed by atoms with E-state index in [1.165, 1.54) is 10.4 Å². The summed E-state index contributed by atoms with van der Waals surface area (Å²) < 4.78 is 0. The number of rotatable bonds is 2. The van der Waals surface area contributed by atoms with Gasteiger partial charge >= 0.3 is 0 Å². The van der Waals surface area contributed by atoms with Crippen LogP contribution in [0.1, 0.15) is 27.7 Å². The normalized spacial score (nSPS) is 14.3. The highest BCUT2D eigenvalue weighted by atomic mass is 32.1. The molecule has 0 saturated carbocycles. The van der Waals surface area contributed by atoms with Crippen molar-refractivity contribution in [2.75, 3.05) is 17.2 Å². The Labute approximate surface area is 116 Å². The van der Waals surface area contributed by atoms with Gasteiger partial charge in [-0.3, -0.25) is 4.79 Å². The van der Waals surface area contributed by atoms with E-state index in [1.807, 2.05) is 29.5 Å². The molecule has 1 aliphatic rings. The molecule has 2 heterocycles. The summed E-state index contributed by atoms with van der Waals surface area (Å²) in [5.74, 6) is 0.0165. The third-order valence-electron chi connectivity index (χ3n) is 3.59. The molecule has 0 saturated heterocycles. The average Bonchev–Trinajstić information content (AvgIpc) is 2.85. The average molecular weight is 272 g/mol. The van der Waals surface area contributed by atoms with Crippen LogP contribution < -0.4 is 10.6 Å². The molecule has 0 aliphatic carbocycles. The molecule has 2 aromatic rings. The van der Waals surface area contributed by atoms with Crippen molar-refractivity contribution < 1.29 is 4.79 Å². The van der Waals surface area contributed by atoms with E-state index < -0.39 is 0 Å². The van der Waals surface area contributed by atoms with Crippen LogP contribution in [0.4, 0.5) is 11.4 Å². The van der Waals surface area contributed by atoms with Gasteiger partial charge in [-0.1, -0.05) is 0 Å². The number of Topliss-reactive ketones (excluding diaryl/α,β-unsaturated/α-hetero) is 1. The van der Waals surface area contributed by atoms with Gasteiger partial charge in [-0.05, 0) is 48.6 Å². The first-order valence-corrected chi connectivity index (χ1v) is 7.24. The van der Waals surface area contributed by atoms with Gasteiger partial charge in [-0.15, -0.1) is 11.3 Å². The number of ketones is 1. The van der Waals surface area contributed by atoms with E-state index in [9.17, 15) is 4.79 Å². The molecule has 0 radical (unpaired) electrons. The van der Waals surface area contributed by atoms with Gasteiger partial charge in [0.15, 0.2) is 5.78 Å². The number of thiophene rings is 1. The number of nitrogens with two attached hydrogens (primary N) is 1. The maximum absolute atomic E-state index is 11.4. The summed E-state index contributed by atoms with van der Waals surface area (Å²) >= 11 is 1.84. The summed E-state index contributed by atoms with van der Waals surface area (Å²) in [6, 6.07) is 7.92. The molecule has 0 fully saturated rings. The highest BCUT2D eigenvalue weighted by Gasteiger charge is 2.18. The Bertz CT molecular complexity index is 633. The molecular weight excluding hydrogens is 256 g/mol. The lowest BCUT2D eigenvalue weighted by Crippen LogP contribution is -2.29. The smallest absolute Gasteiger partial charge is 0.161 e. The Morgan fingerprint density at radius 3 is 2.95 bits per heavy atom. The van der Waals surface area contributed by atoms with Crippen LogP contribution in [0, 0.1) is 0 Å². The quantitative estimate of drug-likeness (QED) is 0.675. The Hall–Kier alpha value is -1.81. The van der Waals surface area contributed by atoms with E-state index in [0.717, 1.165) is 25.2 Å². The number of hydrogen-bond acceptors (Lipinski definition) is 4. The van der Waals surface area contributed by atoms with Gasteiger partial charge in [0.1, 0.15) is 0 Å². The molecule has 0 unspecified atom stereocenters. The predicted octanol–water partition coefficient (Wildman–Crippen LogP) is 3.10. The highest BCUT2D eigenvalue weighted by molar-refractivity contribution is 7.10. The highest BCUT2D eigenvalue weighted by Crippen LogP contribution is 2.29. The van der Waals surface area contributed by atoms with Gasteiger partial charge in [0.25, 0.3) is 0 Å². The number of nitrogens with zero attached hydrogens (tertiary/aromatic N) is 1. The fraction of sp³-hybridized carbons (Fsp3) is 0.267. The second kappa shape index (κ2) is 4.70. The zero-order valence-electron chi connectivity index (χ0n) is 10.8. The van der Waals surface area contributed by atoms with Crippen molar-refractivity contribution in [3.05, 3.63) is 45.6 Å². The van der Waals surface area contributed by atoms with Gasteiger partial charge in [-0.2, -0.15) is 0 Å². The standard InChI is InChI=1S/C15H16N2OS/c1-10(18)13-3-2-12(8-14(13)16)17-6-4-15-11(9-17)5-7-19-15/h2-3,5,7-8H,4,6,9,16H2,1H3. The third-order valence-corrected chi connectivity index (χ3v) is 4.61. The van der Waals surface area contributed by atoms with E-state index in [-0.39, 0.29) is 5.78 Å². The minimum Gasteiger partial charge on any atom is -0.398 e. The molecule has 3 nitrogen and oxygen atoms in total. The topological polar surface area (TPSA) is 46.3 Å². The summed E-state index contributed by atoms with van der Waals surface area (Å²) in [7, 11) is 0. The first-order chi connectivity index (χ1) is 9.15. The van der Waals surface area contributed by atoms with Crippen molar-refractivity contribution in [3.8, 4) is 0 Å². The van der Waals surface area contributed by atoms with E-state index >= 15 is 0 Å². The molecule has 0 spiro atoms. The molecular formula is C15H16N2OS. The lowest BCUT2D eigenvalue weighted by atomic mass is 10.1. The molecule has 0 atom stereocenters. The van der Waals surface area contributed by atoms with Crippen LogP contribution in [0.3, 0.4) is 0 Å². The molecule has 4 heteroatoms. The minimum atomic E-state index is 0.0165. The van der Waals surface area contributed by atoms with Crippen LogP contribution in [-0.4, -0.2) is 12.3 Å². The number of carbonyl (C=O) groups is 1. The van der Waals surface area contributed by atoms with Crippen LogP contribution in [0.15, 0.2) is 29.6 Å². The first-order valence-electron chi connectivity index (χ1n) is 6.36. The number of nitrogen functional groups attached to an aromatic ring is 1. The van der Waals surface area contributed by atoms with Crippen molar-refractivity contribution in [1.29, 1.82) is 0 Å². The maximum atomic E-state index is 11.4. The number of hydrogen-bond donors (Lipinski definition) is 1. The number of benzene rings is 1. The van der Waals surface area contributed by atoms with Crippen molar-refractivity contribution in [1.82, 2.24) is 0 Å². The largest absolute Gasteiger partial charge is 0.398 e. The molecule has 1 aromatic heterocycles. The zero-order chi connectivity index (χ0) is 13.4. The Balaban J connectivity index is 1.88. The molecule has 0 bridgehead atoms. The number of fused-ring (bicyclic) bond motifs is 1. The molecule has 2 N–H and O–H groups in total. The molecule has 19 heavy (non-hydrogen) atoms. The van der Waals surface area contributed by atoms with E-state index in [1.54, 1.807) is 6.92 Å². The zero-order valence-corrected chi connectivity index (χ0v) is 11.7. The molecule has 1 aromatic carbocycles. The molecule has 98 valence electrons. The minimum absolute atomic E-state index is 0.0165. The molecule has 1 aliphatic heterocycles. The fourth-order valence-corrected chi connectivity index (χ4v) is 3.43. The molecule has 0 amide bonds. The monoisotopic (exact) mass is 272 g/mol. The second-order valence-electron chi connectivity index (χ2n) is 4.87. The van der Waals surface area contributed by atoms with Gasteiger partial charge in [0.05, 0.1) is 0 Å². The van der Waals surface area contributed by atoms with E-state index in [4.69, 9.17) is 5.73 Å². The summed E-state index contributed by atoms with van der Waals surface area (Å²) in [6.45, 7) is 3.48. The molecule has 3 rings (SSSR count). The Morgan fingerprint density at radius 1 is 1.37 bits per heavy atom. The van der Waals surface area contributed by atoms with Crippen molar-refractivity contribution in [2.45, 2.75) is 19.9 Å². The maximum Gasteiger partial charge on any atom is 0.161 e. The summed E-state index contributed by atoms with van der Waals surface area (Å²) in [5, 5.41) is 2.15. The van der Waals surface area contributed by atoms with Crippen LogP contribution in [0.25, 0.3) is 0 Å². The number of anilines is 2. The third kappa shape index (κ3) is 2.24. The van der Waals surface area contributed by atoms with Crippen LogP contribution in [0.2, 0.25) is 0 Å². The van der Waals surface area contributed by atoms with Crippen LogP contribution in [0.5, 0.6) is 0 Å². The predicted molar refractivity (Wildman–Crippen MR) is 79.9 cm³/mol. The van der Waals surface area contributed by atoms with Gasteiger partial charge in [0, 0.05) is 34.9 Å². The summed E-state index contributed by atoms with van der Waals surface area (Å²) in [4.78, 5) is 15.2. The van der Waals surface area contributed by atoms with Crippen molar-refractivity contribution in [3.63, 3.8) is 0 Å². The lowest BCUT2D eigenvalue weighted by Gasteiger charge is -2.29. The Morgan fingerprint density at radius 2 is 2.21 bits per heavy atom. The summed E-state index contributed by atoms with van der Waals surface area (Å²) in [5.41, 5.74) is 9.64. The number of carbonyl (C=O) groups excluding carboxylic acids is 1. The van der Waals surface area contributed by atoms with E-state index in [2.05, 4.69) is 16.3 Å². The van der Waals surface area contributed by atoms with Crippen LogP contribution in [-0.2, 0) is 13.0 Å².